The van der Waals surface area contributed by atoms with Gasteiger partial charge in [0, 0.05) is 30.6 Å². The molecule has 0 spiro atoms. The minimum atomic E-state index is -0.151. The third-order valence-corrected chi connectivity index (χ3v) is 2.85. The molecule has 1 rings (SSSR count). The van der Waals surface area contributed by atoms with Crippen LogP contribution in [0.2, 0.25) is 0 Å². The van der Waals surface area contributed by atoms with Gasteiger partial charge in [0.15, 0.2) is 0 Å². The van der Waals surface area contributed by atoms with E-state index in [0.717, 1.165) is 17.0 Å². The average molecular weight is 230 g/mol. The van der Waals surface area contributed by atoms with Crippen LogP contribution in [0.3, 0.4) is 0 Å². The van der Waals surface area contributed by atoms with Crippen LogP contribution in [-0.2, 0) is 11.3 Å². The van der Waals surface area contributed by atoms with Gasteiger partial charge in [-0.3, -0.25) is 9.59 Å². The van der Waals surface area contributed by atoms with Crippen LogP contribution in [0.25, 0.3) is 0 Å². The summed E-state index contributed by atoms with van der Waals surface area (Å²) in [5.41, 5.74) is 0.875. The van der Waals surface area contributed by atoms with E-state index in [2.05, 4.69) is 5.32 Å². The molecule has 0 saturated heterocycles. The Hall–Kier alpha value is -1.14. The van der Waals surface area contributed by atoms with Gasteiger partial charge in [-0.05, 0) is 6.92 Å². The Labute approximate surface area is 91.4 Å². The summed E-state index contributed by atoms with van der Waals surface area (Å²) in [5.74, 6) is -0.151. The number of nitrogens with zero attached hydrogens (tertiary/aromatic N) is 1. The molecule has 0 aliphatic heterocycles. The zero-order valence-electron chi connectivity index (χ0n) is 8.52. The van der Waals surface area contributed by atoms with E-state index in [-0.39, 0.29) is 30.4 Å². The molecule has 0 fully saturated rings. The number of nitrogens with one attached hydrogen (secondary N) is 1. The number of aliphatic hydroxyl groups excluding tert-OH is 1. The van der Waals surface area contributed by atoms with Gasteiger partial charge in [-0.1, -0.05) is 11.3 Å². The van der Waals surface area contributed by atoms with Crippen LogP contribution in [0.4, 0.5) is 0 Å². The summed E-state index contributed by atoms with van der Waals surface area (Å²) >= 11 is 1.14. The Bertz CT molecular complexity index is 383. The molecule has 1 aromatic rings. The van der Waals surface area contributed by atoms with Crippen LogP contribution in [-0.4, -0.2) is 28.7 Å². The maximum atomic E-state index is 11.3. The summed E-state index contributed by atoms with van der Waals surface area (Å²) in [6.45, 7) is 2.43. The second kappa shape index (κ2) is 5.67. The van der Waals surface area contributed by atoms with Gasteiger partial charge < -0.3 is 15.0 Å². The number of carbonyl (C=O) groups excluding carboxylic acids is 1. The molecule has 2 N–H and O–H groups in total. The molecule has 0 aliphatic carbocycles. The first-order valence-corrected chi connectivity index (χ1v) is 5.55. The highest BCUT2D eigenvalue weighted by Crippen LogP contribution is 2.00. The summed E-state index contributed by atoms with van der Waals surface area (Å²) < 4.78 is 1.57. The number of hydrogen-bond donors (Lipinski definition) is 2. The average Bonchev–Trinajstić information content (AvgIpc) is 2.53. The maximum Gasteiger partial charge on any atom is 0.307 e. The molecule has 84 valence electrons. The summed E-state index contributed by atoms with van der Waals surface area (Å²) in [7, 11) is 0. The summed E-state index contributed by atoms with van der Waals surface area (Å²) in [6, 6.07) is 0. The van der Waals surface area contributed by atoms with Crippen molar-refractivity contribution in [1.82, 2.24) is 9.88 Å². The van der Waals surface area contributed by atoms with E-state index in [1.54, 1.807) is 9.95 Å². The standard InChI is InChI=1S/C9H14N2O3S/c1-7-6-15-9(14)11(7)4-2-8(13)10-3-5-12/h6,12H,2-5H2,1H3,(H,10,13). The van der Waals surface area contributed by atoms with Crippen LogP contribution >= 0.6 is 11.3 Å². The first kappa shape index (κ1) is 11.9. The van der Waals surface area contributed by atoms with Crippen molar-refractivity contribution >= 4 is 17.2 Å². The number of aromatic nitrogens is 1. The molecular weight excluding hydrogens is 216 g/mol. The zero-order valence-corrected chi connectivity index (χ0v) is 9.34. The lowest BCUT2D eigenvalue weighted by Gasteiger charge is -2.04. The molecule has 6 heteroatoms. The molecule has 0 atom stereocenters. The number of hydrogen-bond acceptors (Lipinski definition) is 4. The fraction of sp³-hybridized carbons (Fsp3) is 0.556. The van der Waals surface area contributed by atoms with Crippen molar-refractivity contribution in [2.75, 3.05) is 13.2 Å². The largest absolute Gasteiger partial charge is 0.395 e. The molecule has 1 amide bonds. The number of aliphatic hydroxyl groups is 1. The van der Waals surface area contributed by atoms with Crippen molar-refractivity contribution in [1.29, 1.82) is 0 Å². The predicted octanol–water partition coefficient (Wildman–Crippen LogP) is -0.283. The topological polar surface area (TPSA) is 71.3 Å². The van der Waals surface area contributed by atoms with E-state index in [1.165, 1.54) is 0 Å². The molecule has 0 bridgehead atoms. The lowest BCUT2D eigenvalue weighted by Crippen LogP contribution is -2.28. The zero-order chi connectivity index (χ0) is 11.3. The number of carbonyl (C=O) groups is 1. The van der Waals surface area contributed by atoms with E-state index in [0.29, 0.717) is 6.54 Å². The molecule has 1 heterocycles. The minimum absolute atomic E-state index is 0.0394. The molecule has 0 radical (unpaired) electrons. The van der Waals surface area contributed by atoms with Gasteiger partial charge in [-0.2, -0.15) is 0 Å². The summed E-state index contributed by atoms with van der Waals surface area (Å²) in [6.07, 6.45) is 0.261. The smallest absolute Gasteiger partial charge is 0.307 e. The quantitative estimate of drug-likeness (QED) is 0.730. The van der Waals surface area contributed by atoms with Crippen molar-refractivity contribution in [2.24, 2.45) is 0 Å². The molecule has 0 saturated carbocycles. The fourth-order valence-corrected chi connectivity index (χ4v) is 1.93. The van der Waals surface area contributed by atoms with E-state index < -0.39 is 0 Å². The first-order chi connectivity index (χ1) is 7.15. The van der Waals surface area contributed by atoms with Crippen LogP contribution in [0, 0.1) is 6.92 Å². The van der Waals surface area contributed by atoms with Crippen LogP contribution < -0.4 is 10.2 Å². The lowest BCUT2D eigenvalue weighted by molar-refractivity contribution is -0.121. The molecule has 5 nitrogen and oxygen atoms in total. The second-order valence-corrected chi connectivity index (χ2v) is 3.94. The Morgan fingerprint density at radius 2 is 2.40 bits per heavy atom. The van der Waals surface area contributed by atoms with Gasteiger partial charge in [0.2, 0.25) is 5.91 Å². The summed E-state index contributed by atoms with van der Waals surface area (Å²) in [5, 5.41) is 12.8. The Balaban J connectivity index is 2.44. The van der Waals surface area contributed by atoms with Crippen molar-refractivity contribution in [3.63, 3.8) is 0 Å². The number of amides is 1. The van der Waals surface area contributed by atoms with E-state index in [4.69, 9.17) is 5.11 Å². The van der Waals surface area contributed by atoms with Crippen molar-refractivity contribution in [2.45, 2.75) is 19.9 Å². The highest BCUT2D eigenvalue weighted by molar-refractivity contribution is 7.07. The van der Waals surface area contributed by atoms with E-state index in [9.17, 15) is 9.59 Å². The second-order valence-electron chi connectivity index (χ2n) is 3.12. The van der Waals surface area contributed by atoms with Crippen molar-refractivity contribution < 1.29 is 9.90 Å². The maximum absolute atomic E-state index is 11.3. The Morgan fingerprint density at radius 3 is 2.93 bits per heavy atom. The van der Waals surface area contributed by atoms with Gasteiger partial charge in [-0.15, -0.1) is 0 Å². The highest BCUT2D eigenvalue weighted by Gasteiger charge is 2.05. The first-order valence-electron chi connectivity index (χ1n) is 4.67. The monoisotopic (exact) mass is 230 g/mol. The highest BCUT2D eigenvalue weighted by atomic mass is 32.1. The van der Waals surface area contributed by atoms with Crippen LogP contribution in [0.5, 0.6) is 0 Å². The normalized spacial score (nSPS) is 10.3. The van der Waals surface area contributed by atoms with Gasteiger partial charge in [0.25, 0.3) is 0 Å². The third-order valence-electron chi connectivity index (χ3n) is 1.97. The van der Waals surface area contributed by atoms with Gasteiger partial charge in [-0.25, -0.2) is 0 Å². The third kappa shape index (κ3) is 3.49. The fourth-order valence-electron chi connectivity index (χ4n) is 1.17. The minimum Gasteiger partial charge on any atom is -0.395 e. The number of aryl methyl sites for hydroxylation is 1. The van der Waals surface area contributed by atoms with Crippen molar-refractivity contribution in [3.8, 4) is 0 Å². The van der Waals surface area contributed by atoms with Gasteiger partial charge in [0.05, 0.1) is 6.61 Å². The van der Waals surface area contributed by atoms with E-state index in [1.807, 2.05) is 6.92 Å². The molecule has 0 aromatic carbocycles. The van der Waals surface area contributed by atoms with E-state index >= 15 is 0 Å². The van der Waals surface area contributed by atoms with Gasteiger partial charge >= 0.3 is 4.87 Å². The number of thiazole rings is 1. The van der Waals surface area contributed by atoms with Crippen molar-refractivity contribution in [3.05, 3.63) is 20.7 Å². The SMILES string of the molecule is Cc1csc(=O)n1CCC(=O)NCCO. The molecule has 15 heavy (non-hydrogen) atoms. The summed E-state index contributed by atoms with van der Waals surface area (Å²) in [4.78, 5) is 22.4. The van der Waals surface area contributed by atoms with Gasteiger partial charge in [0.1, 0.15) is 0 Å². The molecule has 1 aromatic heterocycles. The molecule has 0 unspecified atom stereocenters. The Kier molecular flexibility index (Phi) is 4.51. The molecular formula is C9H14N2O3S. The van der Waals surface area contributed by atoms with Crippen LogP contribution in [0.1, 0.15) is 12.1 Å². The number of rotatable bonds is 5. The lowest BCUT2D eigenvalue weighted by atomic mass is 10.4. The van der Waals surface area contributed by atoms with Crippen LogP contribution in [0.15, 0.2) is 10.2 Å². The predicted molar refractivity (Wildman–Crippen MR) is 58.0 cm³/mol. The Morgan fingerprint density at radius 1 is 1.67 bits per heavy atom. The molecule has 0 aliphatic rings.